The van der Waals surface area contributed by atoms with Crippen LogP contribution in [0.3, 0.4) is 0 Å². The van der Waals surface area contributed by atoms with Gasteiger partial charge in [0.25, 0.3) is 0 Å². The first kappa shape index (κ1) is 30.5. The maximum absolute atomic E-state index is 13.6. The molecule has 2 rings (SSSR count). The quantitative estimate of drug-likeness (QED) is 0.163. The van der Waals surface area contributed by atoms with Gasteiger partial charge in [-0.05, 0) is 48.9 Å². The number of benzene rings is 2. The van der Waals surface area contributed by atoms with Crippen LogP contribution in [0.2, 0.25) is 0 Å². The molecule has 0 saturated heterocycles. The highest BCUT2D eigenvalue weighted by molar-refractivity contribution is 7.90. The van der Waals surface area contributed by atoms with E-state index in [1.54, 1.807) is 44.2 Å². The number of nitrogens with one attached hydrogen (secondary N) is 1. The Bertz CT molecular complexity index is 1320. The summed E-state index contributed by atoms with van der Waals surface area (Å²) >= 11 is 0. The van der Waals surface area contributed by atoms with Gasteiger partial charge in [-0.15, -0.1) is 0 Å². The zero-order valence-corrected chi connectivity index (χ0v) is 22.0. The molecule has 0 spiro atoms. The summed E-state index contributed by atoms with van der Waals surface area (Å²) in [6.45, 7) is 4.41. The molecule has 2 aromatic rings. The molecule has 0 radical (unpaired) electrons. The predicted octanol–water partition coefficient (Wildman–Crippen LogP) is 5.92. The summed E-state index contributed by atoms with van der Waals surface area (Å²) in [5.41, 5.74) is 1.42. The number of amides is 1. The molecule has 0 aliphatic rings. The first-order valence-corrected chi connectivity index (χ1v) is 13.3. The number of allylic oxidation sites excluding steroid dienone is 5. The molecule has 0 aromatic heterocycles. The van der Waals surface area contributed by atoms with Crippen molar-refractivity contribution in [2.24, 2.45) is 11.0 Å². The largest absolute Gasteiger partial charge is 0.407 e. The number of hydrogen-bond donors (Lipinski definition) is 1. The Hall–Kier alpha value is -3.73. The number of carbonyl (C=O) groups is 1. The molecule has 1 unspecified atom stereocenters. The number of carbonyl (C=O) groups excluding carboxylic acids is 1. The van der Waals surface area contributed by atoms with Gasteiger partial charge in [-0.25, -0.2) is 12.8 Å². The summed E-state index contributed by atoms with van der Waals surface area (Å²) in [5, 5.41) is 7.35. The lowest BCUT2D eigenvalue weighted by atomic mass is 9.92. The van der Waals surface area contributed by atoms with Crippen LogP contribution in [0.4, 0.5) is 23.2 Å². The topological polar surface area (TPSA) is 78.8 Å². The maximum atomic E-state index is 13.6. The monoisotopic (exact) mass is 551 g/mol. The highest BCUT2D eigenvalue weighted by Crippen LogP contribution is 2.23. The minimum atomic E-state index is -4.67. The molecule has 1 atom stereocenters. The van der Waals surface area contributed by atoms with Gasteiger partial charge in [0.2, 0.25) is 5.91 Å². The van der Waals surface area contributed by atoms with Crippen molar-refractivity contribution in [1.82, 2.24) is 5.01 Å². The highest BCUT2D eigenvalue weighted by atomic mass is 32.2. The van der Waals surface area contributed by atoms with Crippen LogP contribution in [-0.2, 0) is 14.6 Å². The summed E-state index contributed by atoms with van der Waals surface area (Å²) in [5.74, 6) is -1.96. The van der Waals surface area contributed by atoms with Crippen molar-refractivity contribution >= 4 is 27.1 Å². The van der Waals surface area contributed by atoms with Crippen LogP contribution in [0.5, 0.6) is 0 Å². The van der Waals surface area contributed by atoms with Gasteiger partial charge in [-0.2, -0.15) is 18.3 Å². The molecule has 0 aliphatic heterocycles. The van der Waals surface area contributed by atoms with E-state index >= 15 is 0 Å². The van der Waals surface area contributed by atoms with E-state index in [1.807, 2.05) is 0 Å². The van der Waals surface area contributed by atoms with Gasteiger partial charge in [0.1, 0.15) is 18.9 Å². The summed E-state index contributed by atoms with van der Waals surface area (Å²) in [7, 11) is -3.52. The third-order valence-corrected chi connectivity index (χ3v) is 6.49. The smallest absolute Gasteiger partial charge is 0.324 e. The number of rotatable bonds is 11. The van der Waals surface area contributed by atoms with E-state index in [0.29, 0.717) is 21.8 Å². The zero-order chi connectivity index (χ0) is 28.5. The van der Waals surface area contributed by atoms with E-state index in [4.69, 9.17) is 0 Å². The first-order chi connectivity index (χ1) is 17.7. The number of hydrazone groups is 1. The first-order valence-electron chi connectivity index (χ1n) is 11.4. The Morgan fingerprint density at radius 2 is 1.71 bits per heavy atom. The van der Waals surface area contributed by atoms with Crippen LogP contribution in [0.25, 0.3) is 0 Å². The van der Waals surface area contributed by atoms with Gasteiger partial charge in [-0.3, -0.25) is 9.80 Å². The summed E-state index contributed by atoms with van der Waals surface area (Å²) < 4.78 is 77.7. The normalized spacial score (nSPS) is 14.1. The van der Waals surface area contributed by atoms with E-state index < -0.39 is 46.8 Å². The number of hydrogen-bond acceptors (Lipinski definition) is 5. The average Bonchev–Trinajstić information content (AvgIpc) is 2.84. The van der Waals surface area contributed by atoms with Crippen molar-refractivity contribution in [3.63, 3.8) is 0 Å². The average molecular weight is 552 g/mol. The van der Waals surface area contributed by atoms with E-state index in [9.17, 15) is 30.8 Å². The van der Waals surface area contributed by atoms with Crippen molar-refractivity contribution < 1.29 is 30.8 Å². The van der Waals surface area contributed by atoms with Gasteiger partial charge in [-0.1, -0.05) is 55.5 Å². The second kappa shape index (κ2) is 13.2. The van der Waals surface area contributed by atoms with Crippen molar-refractivity contribution in [2.45, 2.75) is 24.9 Å². The number of anilines is 1. The number of halogens is 4. The molecular formula is C27H29F4N3O3S. The molecule has 204 valence electrons. The zero-order valence-electron chi connectivity index (χ0n) is 21.2. The second-order valence-corrected chi connectivity index (χ2v) is 10.5. The molecule has 1 N–H and O–H groups in total. The van der Waals surface area contributed by atoms with Crippen LogP contribution >= 0.6 is 0 Å². The van der Waals surface area contributed by atoms with Gasteiger partial charge < -0.3 is 5.32 Å². The Balaban J connectivity index is 2.54. The van der Waals surface area contributed by atoms with Gasteiger partial charge >= 0.3 is 6.18 Å². The molecule has 0 aliphatic carbocycles. The van der Waals surface area contributed by atoms with Gasteiger partial charge in [0.15, 0.2) is 9.84 Å². The number of nitrogens with zero attached hydrogens (tertiary/aromatic N) is 2. The molecule has 1 amide bonds. The van der Waals surface area contributed by atoms with Crippen LogP contribution in [0.15, 0.2) is 101 Å². The molecule has 6 nitrogen and oxygen atoms in total. The van der Waals surface area contributed by atoms with Crippen LogP contribution < -0.4 is 5.32 Å². The molecular weight excluding hydrogens is 522 g/mol. The Morgan fingerprint density at radius 3 is 2.24 bits per heavy atom. The lowest BCUT2D eigenvalue weighted by Gasteiger charge is -2.24. The predicted molar refractivity (Wildman–Crippen MR) is 141 cm³/mol. The van der Waals surface area contributed by atoms with Crippen molar-refractivity contribution in [3.05, 3.63) is 96.4 Å². The van der Waals surface area contributed by atoms with E-state index in [-0.39, 0.29) is 10.6 Å². The molecule has 0 saturated carbocycles. The van der Waals surface area contributed by atoms with E-state index in [2.05, 4.69) is 17.0 Å². The van der Waals surface area contributed by atoms with Gasteiger partial charge in [0, 0.05) is 17.9 Å². The van der Waals surface area contributed by atoms with Crippen molar-refractivity contribution in [1.29, 1.82) is 0 Å². The maximum Gasteiger partial charge on any atom is 0.407 e. The molecule has 2 aromatic carbocycles. The van der Waals surface area contributed by atoms with E-state index in [0.717, 1.165) is 18.4 Å². The molecule has 11 heteroatoms. The van der Waals surface area contributed by atoms with E-state index in [1.165, 1.54) is 30.3 Å². The molecule has 38 heavy (non-hydrogen) atoms. The Labute approximate surface area is 220 Å². The van der Waals surface area contributed by atoms with Crippen LogP contribution in [0, 0.1) is 5.92 Å². The standard InChI is InChI=1S/C27H29F4N3O3S/c1-5-22(28)14-11-19(2)20(3)26(21-12-15-24(16-13-21)38(4,36)37)33-34(18-27(29,30)31)17-25(35)32-23-9-7-6-8-10-23/h5-16,20H,1,17-18H2,2-4H3,(H,32,35)/b19-11+,22-14+,33-26+. The third-order valence-electron chi connectivity index (χ3n) is 5.37. The summed E-state index contributed by atoms with van der Waals surface area (Å²) in [6, 6.07) is 13.7. The minimum Gasteiger partial charge on any atom is -0.324 e. The molecule has 0 heterocycles. The van der Waals surface area contributed by atoms with Crippen molar-refractivity contribution in [3.8, 4) is 0 Å². The Morgan fingerprint density at radius 1 is 1.11 bits per heavy atom. The number of alkyl halides is 3. The third kappa shape index (κ3) is 9.97. The van der Waals surface area contributed by atoms with Gasteiger partial charge in [0.05, 0.1) is 10.6 Å². The number of para-hydroxylation sites is 1. The fourth-order valence-corrected chi connectivity index (χ4v) is 3.91. The molecule has 0 bridgehead atoms. The lowest BCUT2D eigenvalue weighted by molar-refractivity contribution is -0.147. The fourth-order valence-electron chi connectivity index (χ4n) is 3.28. The SMILES string of the molecule is C=C/C(F)=C\C=C(/C)C(C)/C(=N\N(CC(=O)Nc1ccccc1)CC(F)(F)F)c1ccc(S(C)(=O)=O)cc1. The molecule has 0 fully saturated rings. The Kier molecular flexibility index (Phi) is 10.6. The van der Waals surface area contributed by atoms with Crippen LogP contribution in [-0.4, -0.2) is 50.6 Å². The van der Waals surface area contributed by atoms with Crippen molar-refractivity contribution in [2.75, 3.05) is 24.7 Å². The van der Waals surface area contributed by atoms with Crippen LogP contribution in [0.1, 0.15) is 19.4 Å². The highest BCUT2D eigenvalue weighted by Gasteiger charge is 2.32. The minimum absolute atomic E-state index is 0.0193. The second-order valence-electron chi connectivity index (χ2n) is 8.52. The number of sulfone groups is 1. The summed E-state index contributed by atoms with van der Waals surface area (Å²) in [4.78, 5) is 12.6. The summed E-state index contributed by atoms with van der Waals surface area (Å²) in [6.07, 6.45) is -0.0405. The fraction of sp³-hybridized carbons (Fsp3) is 0.259. The lowest BCUT2D eigenvalue weighted by Crippen LogP contribution is -2.37.